The van der Waals surface area contributed by atoms with E-state index in [2.05, 4.69) is 22.2 Å². The van der Waals surface area contributed by atoms with Crippen molar-refractivity contribution in [2.24, 2.45) is 5.92 Å². The van der Waals surface area contributed by atoms with Crippen LogP contribution in [0.15, 0.2) is 73.4 Å². The molecule has 1 aliphatic rings. The van der Waals surface area contributed by atoms with Crippen molar-refractivity contribution in [3.05, 3.63) is 96.3 Å². The van der Waals surface area contributed by atoms with Gasteiger partial charge in [0, 0.05) is 42.8 Å². The van der Waals surface area contributed by atoms with Crippen LogP contribution in [0.1, 0.15) is 24.1 Å². The second-order valence-electron chi connectivity index (χ2n) is 9.24. The van der Waals surface area contributed by atoms with E-state index >= 15 is 0 Å². The molecule has 10 heteroatoms. The molecule has 1 unspecified atom stereocenters. The van der Waals surface area contributed by atoms with Gasteiger partial charge in [-0.25, -0.2) is 13.6 Å². The Morgan fingerprint density at radius 1 is 1.10 bits per heavy atom. The lowest BCUT2D eigenvalue weighted by Gasteiger charge is -2.32. The fraction of sp³-hybridized carbons (Fsp3) is 0.241. The number of piperidine rings is 1. The van der Waals surface area contributed by atoms with Crippen molar-refractivity contribution < 1.29 is 27.9 Å². The molecule has 2 aromatic carbocycles. The minimum Gasteiger partial charge on any atom is -0.454 e. The number of halogens is 2. The molecule has 39 heavy (non-hydrogen) atoms. The van der Waals surface area contributed by atoms with Crippen LogP contribution in [0.2, 0.25) is 0 Å². The number of nitrogens with one attached hydrogen (secondary N) is 2. The number of carbonyl (C=O) groups excluding carboxylic acids is 3. The Morgan fingerprint density at radius 2 is 1.90 bits per heavy atom. The quantitative estimate of drug-likeness (QED) is 0.396. The molecule has 0 aliphatic carbocycles. The predicted molar refractivity (Wildman–Crippen MR) is 141 cm³/mol. The first-order valence-electron chi connectivity index (χ1n) is 12.5. The van der Waals surface area contributed by atoms with Crippen molar-refractivity contribution in [1.29, 1.82) is 0 Å². The average molecular weight is 535 g/mol. The largest absolute Gasteiger partial charge is 0.454 e. The first-order valence-corrected chi connectivity index (χ1v) is 12.5. The van der Waals surface area contributed by atoms with Gasteiger partial charge >= 0.3 is 6.03 Å². The fourth-order valence-corrected chi connectivity index (χ4v) is 4.40. The third-order valence-corrected chi connectivity index (χ3v) is 6.24. The van der Waals surface area contributed by atoms with E-state index < -0.39 is 23.6 Å². The zero-order valence-corrected chi connectivity index (χ0v) is 21.2. The highest BCUT2D eigenvalue weighted by molar-refractivity contribution is 6.01. The Bertz CT molecular complexity index is 1360. The van der Waals surface area contributed by atoms with E-state index in [1.165, 1.54) is 42.5 Å². The van der Waals surface area contributed by atoms with Crippen molar-refractivity contribution >= 4 is 23.5 Å². The second kappa shape index (κ2) is 12.8. The summed E-state index contributed by atoms with van der Waals surface area (Å²) < 4.78 is 33.4. The first kappa shape index (κ1) is 27.4. The number of carbonyl (C=O) groups is 3. The monoisotopic (exact) mass is 534 g/mol. The Morgan fingerprint density at radius 3 is 2.64 bits per heavy atom. The number of hydrogen-bond donors (Lipinski definition) is 2. The SMILES string of the molecule is C=CC(=O)N1CCCC(Cc2cc(Oc3ccc(NC(=O)NC(=O)Cc4ccc(F)cc4)cc3F)ccn2)C1. The summed E-state index contributed by atoms with van der Waals surface area (Å²) in [6, 6.07) is 11.7. The number of pyridine rings is 1. The zero-order chi connectivity index (χ0) is 27.8. The highest BCUT2D eigenvalue weighted by Gasteiger charge is 2.23. The van der Waals surface area contributed by atoms with Gasteiger partial charge in [-0.1, -0.05) is 18.7 Å². The van der Waals surface area contributed by atoms with Gasteiger partial charge < -0.3 is 15.0 Å². The van der Waals surface area contributed by atoms with Gasteiger partial charge in [0.05, 0.1) is 6.42 Å². The maximum Gasteiger partial charge on any atom is 0.325 e. The van der Waals surface area contributed by atoms with Crippen molar-refractivity contribution in [2.45, 2.75) is 25.7 Å². The van der Waals surface area contributed by atoms with Crippen molar-refractivity contribution in [2.75, 3.05) is 18.4 Å². The standard InChI is InChI=1S/C29H28F2N4O4/c1-2-28(37)35-13-3-4-20(18-35)14-23-16-24(11-12-32-23)39-26-10-9-22(17-25(26)31)33-29(38)34-27(36)15-19-5-7-21(30)8-6-19/h2,5-12,16-17,20H,1,3-4,13-15,18H2,(H2,33,34,36,38). The van der Waals surface area contributed by atoms with Crippen LogP contribution in [-0.2, 0) is 22.4 Å². The number of anilines is 1. The Kier molecular flexibility index (Phi) is 8.98. The number of aromatic nitrogens is 1. The summed E-state index contributed by atoms with van der Waals surface area (Å²) in [5.41, 5.74) is 1.43. The maximum atomic E-state index is 14.7. The Balaban J connectivity index is 1.31. The Hall–Kier alpha value is -4.60. The van der Waals surface area contributed by atoms with E-state index in [1.54, 1.807) is 23.2 Å². The zero-order valence-electron chi connectivity index (χ0n) is 21.2. The Labute approximate surface area is 224 Å². The number of ether oxygens (including phenoxy) is 1. The van der Waals surface area contributed by atoms with E-state index in [1.807, 2.05) is 0 Å². The van der Waals surface area contributed by atoms with Gasteiger partial charge in [0.2, 0.25) is 11.8 Å². The molecule has 3 aromatic rings. The molecule has 0 saturated carbocycles. The number of likely N-dealkylation sites (tertiary alicyclic amines) is 1. The number of urea groups is 1. The molecule has 0 spiro atoms. The highest BCUT2D eigenvalue weighted by Crippen LogP contribution is 2.28. The average Bonchev–Trinajstić information content (AvgIpc) is 2.91. The predicted octanol–water partition coefficient (Wildman–Crippen LogP) is 5.01. The van der Waals surface area contributed by atoms with Crippen LogP contribution in [0, 0.1) is 17.6 Å². The molecule has 0 radical (unpaired) electrons. The third kappa shape index (κ3) is 7.94. The minimum atomic E-state index is -0.829. The van der Waals surface area contributed by atoms with Crippen LogP contribution in [0.5, 0.6) is 11.5 Å². The van der Waals surface area contributed by atoms with Crippen LogP contribution in [0.3, 0.4) is 0 Å². The molecular formula is C29H28F2N4O4. The van der Waals surface area contributed by atoms with Gasteiger partial charge in [-0.05, 0) is 67.2 Å². The summed E-state index contributed by atoms with van der Waals surface area (Å²) in [5, 5.41) is 4.55. The van der Waals surface area contributed by atoms with Crippen LogP contribution < -0.4 is 15.4 Å². The van der Waals surface area contributed by atoms with E-state index in [-0.39, 0.29) is 29.7 Å². The molecular weight excluding hydrogens is 506 g/mol. The molecule has 4 amide bonds. The number of nitrogens with zero attached hydrogens (tertiary/aromatic N) is 2. The van der Waals surface area contributed by atoms with Crippen LogP contribution >= 0.6 is 0 Å². The number of amides is 4. The number of hydrogen-bond acceptors (Lipinski definition) is 5. The molecule has 8 nitrogen and oxygen atoms in total. The van der Waals surface area contributed by atoms with Crippen molar-refractivity contribution in [3.8, 4) is 11.5 Å². The molecule has 4 rings (SSSR count). The molecule has 1 aromatic heterocycles. The lowest BCUT2D eigenvalue weighted by atomic mass is 9.93. The van der Waals surface area contributed by atoms with Crippen molar-refractivity contribution in [3.63, 3.8) is 0 Å². The maximum absolute atomic E-state index is 14.7. The van der Waals surface area contributed by atoms with Crippen LogP contribution in [-0.4, -0.2) is 40.8 Å². The van der Waals surface area contributed by atoms with E-state index in [0.29, 0.717) is 24.3 Å². The molecule has 1 fully saturated rings. The molecule has 1 aliphatic heterocycles. The summed E-state index contributed by atoms with van der Waals surface area (Å²) >= 11 is 0. The summed E-state index contributed by atoms with van der Waals surface area (Å²) in [5.74, 6) is -1.21. The van der Waals surface area contributed by atoms with Gasteiger partial charge in [-0.2, -0.15) is 0 Å². The molecule has 202 valence electrons. The van der Waals surface area contributed by atoms with Crippen LogP contribution in [0.4, 0.5) is 19.3 Å². The van der Waals surface area contributed by atoms with Gasteiger partial charge in [-0.15, -0.1) is 0 Å². The van der Waals surface area contributed by atoms with Gasteiger partial charge in [-0.3, -0.25) is 19.9 Å². The van der Waals surface area contributed by atoms with Crippen molar-refractivity contribution in [1.82, 2.24) is 15.2 Å². The minimum absolute atomic E-state index is 0.0501. The van der Waals surface area contributed by atoms with Crippen LogP contribution in [0.25, 0.3) is 0 Å². The summed E-state index contributed by atoms with van der Waals surface area (Å²) in [7, 11) is 0. The fourth-order valence-electron chi connectivity index (χ4n) is 4.40. The molecule has 0 bridgehead atoms. The highest BCUT2D eigenvalue weighted by atomic mass is 19.1. The molecule has 1 atom stereocenters. The summed E-state index contributed by atoms with van der Waals surface area (Å²) in [4.78, 5) is 42.3. The number of imide groups is 1. The normalized spacial score (nSPS) is 14.8. The van der Waals surface area contributed by atoms with E-state index in [4.69, 9.17) is 4.74 Å². The first-order chi connectivity index (χ1) is 18.8. The molecule has 2 N–H and O–H groups in total. The summed E-state index contributed by atoms with van der Waals surface area (Å²) in [6.07, 6.45) is 5.33. The van der Waals surface area contributed by atoms with Gasteiger partial charge in [0.25, 0.3) is 0 Å². The molecule has 1 saturated heterocycles. The van der Waals surface area contributed by atoms with E-state index in [0.717, 1.165) is 31.1 Å². The molecule has 2 heterocycles. The number of rotatable bonds is 8. The van der Waals surface area contributed by atoms with Gasteiger partial charge in [0.1, 0.15) is 11.6 Å². The lowest BCUT2D eigenvalue weighted by Crippen LogP contribution is -2.39. The smallest absolute Gasteiger partial charge is 0.325 e. The third-order valence-electron chi connectivity index (χ3n) is 6.24. The van der Waals surface area contributed by atoms with Gasteiger partial charge in [0.15, 0.2) is 11.6 Å². The summed E-state index contributed by atoms with van der Waals surface area (Å²) in [6.45, 7) is 4.90. The lowest BCUT2D eigenvalue weighted by molar-refractivity contribution is -0.127. The topological polar surface area (TPSA) is 101 Å². The number of benzene rings is 2. The second-order valence-corrected chi connectivity index (χ2v) is 9.24. The van der Waals surface area contributed by atoms with E-state index in [9.17, 15) is 23.2 Å².